The van der Waals surface area contributed by atoms with E-state index in [1.807, 2.05) is 18.2 Å². The Bertz CT molecular complexity index is 671. The molecule has 2 rings (SSSR count). The number of H-pyrrole nitrogens is 1. The molecule has 0 aliphatic rings. The lowest BCUT2D eigenvalue weighted by Crippen LogP contribution is -2.13. The molecule has 19 heavy (non-hydrogen) atoms. The number of aromatic amines is 1. The Morgan fingerprint density at radius 2 is 1.84 bits per heavy atom. The second-order valence-corrected chi connectivity index (χ2v) is 6.45. The van der Waals surface area contributed by atoms with Crippen molar-refractivity contribution in [3.8, 4) is 11.1 Å². The molecule has 0 saturated carbocycles. The van der Waals surface area contributed by atoms with E-state index in [1.165, 1.54) is 6.07 Å². The van der Waals surface area contributed by atoms with Gasteiger partial charge in [-0.2, -0.15) is 0 Å². The molecular formula is C15H15BrFNO. The van der Waals surface area contributed by atoms with Crippen molar-refractivity contribution in [1.29, 1.82) is 0 Å². The SMILES string of the molecule is CC(C)(C)c1cc(Br)cc(-c2cc(F)c[nH]c2=O)c1. The van der Waals surface area contributed by atoms with Gasteiger partial charge in [0.2, 0.25) is 0 Å². The number of halogens is 2. The molecule has 4 heteroatoms. The van der Waals surface area contributed by atoms with Gasteiger partial charge in [-0.25, -0.2) is 4.39 Å². The summed E-state index contributed by atoms with van der Waals surface area (Å²) in [5.41, 5.74) is 1.80. The number of pyridine rings is 1. The van der Waals surface area contributed by atoms with Crippen LogP contribution in [0.1, 0.15) is 26.3 Å². The molecule has 2 aromatic rings. The number of hydrogen-bond donors (Lipinski definition) is 1. The number of aromatic nitrogens is 1. The molecule has 0 radical (unpaired) electrons. The summed E-state index contributed by atoms with van der Waals surface area (Å²) in [5, 5.41) is 0. The zero-order valence-electron chi connectivity index (χ0n) is 11.1. The molecule has 0 amide bonds. The van der Waals surface area contributed by atoms with Crippen LogP contribution >= 0.6 is 15.9 Å². The molecule has 0 spiro atoms. The molecule has 0 aliphatic heterocycles. The van der Waals surface area contributed by atoms with Crippen LogP contribution in [-0.4, -0.2) is 4.98 Å². The van der Waals surface area contributed by atoms with Crippen molar-refractivity contribution in [1.82, 2.24) is 4.98 Å². The lowest BCUT2D eigenvalue weighted by atomic mass is 9.85. The summed E-state index contributed by atoms with van der Waals surface area (Å²) in [6.45, 7) is 6.27. The third-order valence-electron chi connectivity index (χ3n) is 2.94. The quantitative estimate of drug-likeness (QED) is 0.836. The summed E-state index contributed by atoms with van der Waals surface area (Å²) >= 11 is 3.44. The van der Waals surface area contributed by atoms with E-state index in [9.17, 15) is 9.18 Å². The summed E-state index contributed by atoms with van der Waals surface area (Å²) < 4.78 is 14.2. The Hall–Kier alpha value is -1.42. The van der Waals surface area contributed by atoms with E-state index in [-0.39, 0.29) is 11.0 Å². The molecule has 0 saturated heterocycles. The number of benzene rings is 1. The first-order valence-electron chi connectivity index (χ1n) is 5.97. The summed E-state index contributed by atoms with van der Waals surface area (Å²) in [7, 11) is 0. The normalized spacial score (nSPS) is 11.6. The second-order valence-electron chi connectivity index (χ2n) is 5.54. The van der Waals surface area contributed by atoms with Crippen LogP contribution in [0, 0.1) is 5.82 Å². The molecule has 1 aromatic carbocycles. The van der Waals surface area contributed by atoms with Crippen LogP contribution in [0.2, 0.25) is 0 Å². The fourth-order valence-electron chi connectivity index (χ4n) is 1.85. The standard InChI is InChI=1S/C15H15BrFNO/c1-15(2,3)10-4-9(5-11(16)6-10)13-7-12(17)8-18-14(13)19/h4-8H,1-3H3,(H,18,19). The number of nitrogens with one attached hydrogen (secondary N) is 1. The van der Waals surface area contributed by atoms with Crippen LogP contribution in [0.25, 0.3) is 11.1 Å². The first kappa shape index (κ1) is 14.0. The first-order chi connectivity index (χ1) is 8.77. The Kier molecular flexibility index (Phi) is 3.63. The minimum atomic E-state index is -0.452. The molecule has 0 fully saturated rings. The maximum absolute atomic E-state index is 13.3. The highest BCUT2D eigenvalue weighted by atomic mass is 79.9. The summed E-state index contributed by atoms with van der Waals surface area (Å²) in [5.74, 6) is -0.452. The maximum atomic E-state index is 13.3. The Balaban J connectivity index is 2.66. The molecule has 1 heterocycles. The lowest BCUT2D eigenvalue weighted by Gasteiger charge is -2.20. The molecule has 0 atom stereocenters. The second kappa shape index (κ2) is 4.93. The fraction of sp³-hybridized carbons (Fsp3) is 0.267. The highest BCUT2D eigenvalue weighted by Crippen LogP contribution is 2.30. The molecule has 1 N–H and O–H groups in total. The average Bonchev–Trinajstić information content (AvgIpc) is 2.30. The van der Waals surface area contributed by atoms with Crippen LogP contribution in [0.15, 0.2) is 39.7 Å². The third-order valence-corrected chi connectivity index (χ3v) is 3.40. The minimum Gasteiger partial charge on any atom is -0.326 e. The summed E-state index contributed by atoms with van der Waals surface area (Å²) in [4.78, 5) is 14.2. The van der Waals surface area contributed by atoms with Crippen molar-refractivity contribution in [3.05, 3.63) is 56.7 Å². The van der Waals surface area contributed by atoms with E-state index >= 15 is 0 Å². The Labute approximate surface area is 119 Å². The van der Waals surface area contributed by atoms with Gasteiger partial charge in [0.1, 0.15) is 5.82 Å². The van der Waals surface area contributed by atoms with Crippen LogP contribution in [0.3, 0.4) is 0 Å². The average molecular weight is 324 g/mol. The molecular weight excluding hydrogens is 309 g/mol. The summed E-state index contributed by atoms with van der Waals surface area (Å²) in [6.07, 6.45) is 1.06. The van der Waals surface area contributed by atoms with Crippen molar-refractivity contribution in [2.45, 2.75) is 26.2 Å². The smallest absolute Gasteiger partial charge is 0.256 e. The van der Waals surface area contributed by atoms with Crippen LogP contribution in [0.5, 0.6) is 0 Å². The van der Waals surface area contributed by atoms with Gasteiger partial charge in [-0.1, -0.05) is 42.8 Å². The van der Waals surface area contributed by atoms with Crippen LogP contribution in [-0.2, 0) is 5.41 Å². The Morgan fingerprint density at radius 3 is 2.47 bits per heavy atom. The lowest BCUT2D eigenvalue weighted by molar-refractivity contribution is 0.590. The molecule has 0 unspecified atom stereocenters. The molecule has 100 valence electrons. The molecule has 1 aromatic heterocycles. The van der Waals surface area contributed by atoms with Crippen LogP contribution in [0.4, 0.5) is 4.39 Å². The van der Waals surface area contributed by atoms with Gasteiger partial charge in [0.15, 0.2) is 0 Å². The van der Waals surface area contributed by atoms with E-state index in [4.69, 9.17) is 0 Å². The van der Waals surface area contributed by atoms with Crippen LogP contribution < -0.4 is 5.56 Å². The highest BCUT2D eigenvalue weighted by molar-refractivity contribution is 9.10. The molecule has 0 bridgehead atoms. The fourth-order valence-corrected chi connectivity index (χ4v) is 2.34. The predicted octanol–water partition coefficient (Wildman–Crippen LogP) is 4.24. The zero-order valence-corrected chi connectivity index (χ0v) is 12.6. The van der Waals surface area contributed by atoms with Crippen molar-refractivity contribution < 1.29 is 4.39 Å². The van der Waals surface area contributed by atoms with Gasteiger partial charge in [-0.15, -0.1) is 0 Å². The van der Waals surface area contributed by atoms with Gasteiger partial charge < -0.3 is 4.98 Å². The topological polar surface area (TPSA) is 32.9 Å². The van der Waals surface area contributed by atoms with E-state index in [0.29, 0.717) is 11.1 Å². The van der Waals surface area contributed by atoms with E-state index in [0.717, 1.165) is 16.2 Å². The van der Waals surface area contributed by atoms with Gasteiger partial charge in [-0.3, -0.25) is 4.79 Å². The zero-order chi connectivity index (χ0) is 14.2. The van der Waals surface area contributed by atoms with Gasteiger partial charge in [-0.05, 0) is 34.7 Å². The van der Waals surface area contributed by atoms with E-state index in [2.05, 4.69) is 41.7 Å². The van der Waals surface area contributed by atoms with Gasteiger partial charge in [0.05, 0.1) is 0 Å². The van der Waals surface area contributed by atoms with Crippen molar-refractivity contribution >= 4 is 15.9 Å². The highest BCUT2D eigenvalue weighted by Gasteiger charge is 2.16. The monoisotopic (exact) mass is 323 g/mol. The number of rotatable bonds is 1. The maximum Gasteiger partial charge on any atom is 0.256 e. The summed E-state index contributed by atoms with van der Waals surface area (Å²) in [6, 6.07) is 7.01. The van der Waals surface area contributed by atoms with Crippen molar-refractivity contribution in [3.63, 3.8) is 0 Å². The van der Waals surface area contributed by atoms with Gasteiger partial charge >= 0.3 is 0 Å². The van der Waals surface area contributed by atoms with E-state index < -0.39 is 5.82 Å². The first-order valence-corrected chi connectivity index (χ1v) is 6.76. The van der Waals surface area contributed by atoms with Crippen molar-refractivity contribution in [2.75, 3.05) is 0 Å². The third kappa shape index (κ3) is 3.13. The van der Waals surface area contributed by atoms with Gasteiger partial charge in [0, 0.05) is 16.2 Å². The van der Waals surface area contributed by atoms with Crippen molar-refractivity contribution in [2.24, 2.45) is 0 Å². The molecule has 2 nitrogen and oxygen atoms in total. The van der Waals surface area contributed by atoms with E-state index in [1.54, 1.807) is 0 Å². The largest absolute Gasteiger partial charge is 0.326 e. The Morgan fingerprint density at radius 1 is 1.16 bits per heavy atom. The molecule has 0 aliphatic carbocycles. The minimum absolute atomic E-state index is 0.0430. The predicted molar refractivity (Wildman–Crippen MR) is 78.9 cm³/mol. The number of hydrogen-bond acceptors (Lipinski definition) is 1. The van der Waals surface area contributed by atoms with Gasteiger partial charge in [0.25, 0.3) is 5.56 Å².